The van der Waals surface area contributed by atoms with Gasteiger partial charge in [-0.1, -0.05) is 28.9 Å². The van der Waals surface area contributed by atoms with E-state index in [2.05, 4.69) is 16.2 Å². The van der Waals surface area contributed by atoms with Gasteiger partial charge in [0, 0.05) is 49.6 Å². The minimum Gasteiger partial charge on any atom is -0.388 e. The highest BCUT2D eigenvalue weighted by atomic mass is 35.5. The van der Waals surface area contributed by atoms with Crippen molar-refractivity contribution in [2.45, 2.75) is 37.6 Å². The summed E-state index contributed by atoms with van der Waals surface area (Å²) < 4.78 is 38.3. The number of piperidine rings is 1. The zero-order valence-corrected chi connectivity index (χ0v) is 18.9. The molecule has 182 valence electrons. The van der Waals surface area contributed by atoms with E-state index in [0.29, 0.717) is 49.6 Å². The largest absolute Gasteiger partial charge is 0.416 e. The Morgan fingerprint density at radius 3 is 2.29 bits per heavy atom. The fraction of sp³-hybridized carbons (Fsp3) is 0.348. The first-order chi connectivity index (χ1) is 16.2. The number of carbonyl (C=O) groups is 2. The van der Waals surface area contributed by atoms with Gasteiger partial charge >= 0.3 is 6.18 Å². The Labute approximate surface area is 199 Å². The second kappa shape index (κ2) is 10.8. The molecule has 0 radical (unpaired) electrons. The second-order valence-corrected chi connectivity index (χ2v) is 8.40. The number of nitrogens with two attached hydrogens (primary N) is 1. The van der Waals surface area contributed by atoms with Gasteiger partial charge in [0.15, 0.2) is 0 Å². The number of alkyl halides is 3. The Morgan fingerprint density at radius 2 is 1.74 bits per heavy atom. The average molecular weight is 497 g/mol. The van der Waals surface area contributed by atoms with Crippen LogP contribution in [-0.4, -0.2) is 36.7 Å². The van der Waals surface area contributed by atoms with Crippen molar-refractivity contribution < 1.29 is 27.6 Å². The molecule has 0 aliphatic carbocycles. The smallest absolute Gasteiger partial charge is 0.388 e. The third-order valence-corrected chi connectivity index (χ3v) is 5.95. The summed E-state index contributed by atoms with van der Waals surface area (Å²) in [5.41, 5.74) is 5.00. The second-order valence-electron chi connectivity index (χ2n) is 7.97. The Kier molecular flexibility index (Phi) is 8.03. The summed E-state index contributed by atoms with van der Waals surface area (Å²) in [5, 5.41) is 7.49. The van der Waals surface area contributed by atoms with Gasteiger partial charge in [0.25, 0.3) is 5.91 Å². The number of nitrogens with one attached hydrogen (secondary N) is 1. The zero-order valence-electron chi connectivity index (χ0n) is 18.1. The number of hydrogen-bond acceptors (Lipinski definition) is 5. The summed E-state index contributed by atoms with van der Waals surface area (Å²) in [6.07, 6.45) is -2.42. The van der Waals surface area contributed by atoms with E-state index in [9.17, 15) is 18.0 Å². The van der Waals surface area contributed by atoms with Crippen LogP contribution in [0.3, 0.4) is 0 Å². The van der Waals surface area contributed by atoms with E-state index in [4.69, 9.17) is 21.2 Å². The van der Waals surface area contributed by atoms with Gasteiger partial charge < -0.3 is 20.8 Å². The first kappa shape index (κ1) is 25.4. The zero-order chi connectivity index (χ0) is 24.8. The molecular formula is C23H24ClF3N4O3. The van der Waals surface area contributed by atoms with Crippen LogP contribution < -0.4 is 16.0 Å². The maximum atomic E-state index is 12.8. The molecule has 0 saturated carbocycles. The average Bonchev–Trinajstić information content (AvgIpc) is 3.23. The van der Waals surface area contributed by atoms with Gasteiger partial charge in [0.05, 0.1) is 5.56 Å². The number of primary amides is 1. The predicted molar refractivity (Wildman–Crippen MR) is 122 cm³/mol. The van der Waals surface area contributed by atoms with Crippen LogP contribution in [0.2, 0.25) is 5.02 Å². The minimum absolute atomic E-state index is 0.250. The van der Waals surface area contributed by atoms with Crippen molar-refractivity contribution in [2.24, 2.45) is 10.9 Å². The first-order valence-electron chi connectivity index (χ1n) is 10.5. The normalized spacial score (nSPS) is 16.7. The third-order valence-electron chi connectivity index (χ3n) is 5.70. The number of oxime groups is 1. The highest BCUT2D eigenvalue weighted by molar-refractivity contribution is 6.39. The van der Waals surface area contributed by atoms with Crippen LogP contribution in [0.25, 0.3) is 0 Å². The summed E-state index contributed by atoms with van der Waals surface area (Å²) in [7, 11) is 0. The van der Waals surface area contributed by atoms with Gasteiger partial charge in [-0.15, -0.1) is 0 Å². The number of halogens is 4. The SMILES string of the molecule is NC=O.O=C(NCc1ccc(Cl)cc1)C1=NOC2(CCN(c3ccc(C(F)(F)F)cc3)CC2)C1. The van der Waals surface area contributed by atoms with E-state index in [1.165, 1.54) is 12.1 Å². The molecular weight excluding hydrogens is 473 g/mol. The fourth-order valence-electron chi connectivity index (χ4n) is 3.83. The number of amides is 2. The van der Waals surface area contributed by atoms with Crippen molar-refractivity contribution in [3.63, 3.8) is 0 Å². The Morgan fingerprint density at radius 1 is 1.15 bits per heavy atom. The predicted octanol–water partition coefficient (Wildman–Crippen LogP) is 3.89. The summed E-state index contributed by atoms with van der Waals surface area (Å²) in [4.78, 5) is 28.7. The van der Waals surface area contributed by atoms with Crippen LogP contribution in [0, 0.1) is 0 Å². The van der Waals surface area contributed by atoms with E-state index >= 15 is 0 Å². The molecule has 0 bridgehead atoms. The van der Waals surface area contributed by atoms with Crippen molar-refractivity contribution in [1.82, 2.24) is 5.32 Å². The molecule has 2 aliphatic rings. The molecule has 4 rings (SSSR count). The number of anilines is 1. The molecule has 34 heavy (non-hydrogen) atoms. The lowest BCUT2D eigenvalue weighted by atomic mass is 9.86. The summed E-state index contributed by atoms with van der Waals surface area (Å²) in [5.74, 6) is -0.267. The first-order valence-corrected chi connectivity index (χ1v) is 10.9. The van der Waals surface area contributed by atoms with Gasteiger partial charge in [-0.25, -0.2) is 0 Å². The van der Waals surface area contributed by atoms with Crippen molar-refractivity contribution >= 4 is 35.3 Å². The van der Waals surface area contributed by atoms with Crippen LogP contribution in [0.4, 0.5) is 18.9 Å². The Hall–Kier alpha value is -3.27. The fourth-order valence-corrected chi connectivity index (χ4v) is 3.96. The van der Waals surface area contributed by atoms with Gasteiger partial charge in [-0.3, -0.25) is 9.59 Å². The van der Waals surface area contributed by atoms with Gasteiger partial charge in [-0.05, 0) is 42.0 Å². The van der Waals surface area contributed by atoms with E-state index < -0.39 is 17.3 Å². The highest BCUT2D eigenvalue weighted by Crippen LogP contribution is 2.37. The third kappa shape index (κ3) is 6.40. The van der Waals surface area contributed by atoms with E-state index in [-0.39, 0.29) is 12.3 Å². The van der Waals surface area contributed by atoms with E-state index in [0.717, 1.165) is 23.4 Å². The van der Waals surface area contributed by atoms with Crippen molar-refractivity contribution in [3.8, 4) is 0 Å². The van der Waals surface area contributed by atoms with Crippen LogP contribution in [0.5, 0.6) is 0 Å². The molecule has 0 aromatic heterocycles. The molecule has 11 heteroatoms. The standard InChI is InChI=1S/C22H21ClF3N3O2.CH3NO/c23-17-5-1-15(2-6-17)14-27-20(30)19-13-21(31-28-19)9-11-29(12-10-21)18-7-3-16(4-8-18)22(24,25)26;2-1-3/h1-8H,9-14H2,(H,27,30);1H,(H2,2,3). The summed E-state index contributed by atoms with van der Waals surface area (Å²) in [6, 6.07) is 12.4. The lowest BCUT2D eigenvalue weighted by Crippen LogP contribution is -2.45. The minimum atomic E-state index is -4.34. The highest BCUT2D eigenvalue weighted by Gasteiger charge is 2.43. The molecule has 1 saturated heterocycles. The van der Waals surface area contributed by atoms with Gasteiger partial charge in [0.2, 0.25) is 6.41 Å². The molecule has 3 N–H and O–H groups in total. The molecule has 2 aromatic carbocycles. The van der Waals surface area contributed by atoms with Crippen LogP contribution >= 0.6 is 11.6 Å². The number of nitrogens with zero attached hydrogens (tertiary/aromatic N) is 2. The molecule has 2 amide bonds. The lowest BCUT2D eigenvalue weighted by Gasteiger charge is -2.38. The molecule has 0 unspecified atom stereocenters. The van der Waals surface area contributed by atoms with Gasteiger partial charge in [-0.2, -0.15) is 13.2 Å². The Bertz CT molecular complexity index is 1020. The molecule has 1 spiro atoms. The Balaban J connectivity index is 0.00000103. The number of carbonyl (C=O) groups excluding carboxylic acids is 2. The van der Waals surface area contributed by atoms with Crippen LogP contribution in [0.1, 0.15) is 30.4 Å². The number of benzene rings is 2. The van der Waals surface area contributed by atoms with E-state index in [1.54, 1.807) is 12.1 Å². The molecule has 2 aromatic rings. The number of hydrogen-bond donors (Lipinski definition) is 2. The molecule has 7 nitrogen and oxygen atoms in total. The molecule has 2 aliphatic heterocycles. The molecule has 0 atom stereocenters. The van der Waals surface area contributed by atoms with E-state index in [1.807, 2.05) is 17.0 Å². The number of rotatable bonds is 4. The van der Waals surface area contributed by atoms with Crippen LogP contribution in [0.15, 0.2) is 53.7 Å². The molecule has 2 heterocycles. The maximum Gasteiger partial charge on any atom is 0.416 e. The van der Waals surface area contributed by atoms with Crippen molar-refractivity contribution in [3.05, 3.63) is 64.7 Å². The maximum absolute atomic E-state index is 12.8. The summed E-state index contributed by atoms with van der Waals surface area (Å²) >= 11 is 5.86. The van der Waals surface area contributed by atoms with Crippen molar-refractivity contribution in [1.29, 1.82) is 0 Å². The van der Waals surface area contributed by atoms with Crippen LogP contribution in [-0.2, 0) is 27.1 Å². The quantitative estimate of drug-likeness (QED) is 0.627. The lowest BCUT2D eigenvalue weighted by molar-refractivity contribution is -0.137. The topological polar surface area (TPSA) is 97.0 Å². The summed E-state index contributed by atoms with van der Waals surface area (Å²) in [6.45, 7) is 1.59. The molecule has 1 fully saturated rings. The van der Waals surface area contributed by atoms with Gasteiger partial charge in [0.1, 0.15) is 11.3 Å². The van der Waals surface area contributed by atoms with Crippen molar-refractivity contribution in [2.75, 3.05) is 18.0 Å². The monoisotopic (exact) mass is 496 g/mol.